The summed E-state index contributed by atoms with van der Waals surface area (Å²) in [5.74, 6) is 0.836. The number of hydrogen-bond acceptors (Lipinski definition) is 5. The molecule has 3 aliphatic heterocycles. The summed E-state index contributed by atoms with van der Waals surface area (Å²) in [6, 6.07) is 0. The highest BCUT2D eigenvalue weighted by Crippen LogP contribution is 2.43. The van der Waals surface area contributed by atoms with Gasteiger partial charge in [-0.1, -0.05) is 0 Å². The smallest absolute Gasteiger partial charge is 0.150 e. The van der Waals surface area contributed by atoms with Crippen LogP contribution in [-0.2, 0) is 14.6 Å². The molecule has 3 heterocycles. The van der Waals surface area contributed by atoms with Crippen LogP contribution in [0, 0.1) is 5.41 Å². The molecule has 0 amide bonds. The molecule has 0 aromatic rings. The molecule has 0 unspecified atom stereocenters. The zero-order chi connectivity index (χ0) is 19.1. The van der Waals surface area contributed by atoms with Gasteiger partial charge in [-0.3, -0.25) is 9.80 Å². The van der Waals surface area contributed by atoms with E-state index in [4.69, 9.17) is 4.74 Å². The highest BCUT2D eigenvalue weighted by atomic mass is 32.2. The van der Waals surface area contributed by atoms with Crippen LogP contribution in [0.15, 0.2) is 0 Å². The minimum absolute atomic E-state index is 0.0818. The molecule has 0 aromatic heterocycles. The summed E-state index contributed by atoms with van der Waals surface area (Å²) in [7, 11) is -2.78. The maximum atomic E-state index is 11.9. The van der Waals surface area contributed by atoms with Crippen molar-refractivity contribution < 1.29 is 13.2 Å². The Morgan fingerprint density at radius 2 is 1.35 bits per heavy atom. The lowest BCUT2D eigenvalue weighted by Gasteiger charge is -2.48. The maximum Gasteiger partial charge on any atom is 0.150 e. The average molecular weight is 387 g/mol. The zero-order valence-electron chi connectivity index (χ0n) is 17.2. The number of hydrogen-bond donors (Lipinski definition) is 0. The minimum Gasteiger partial charge on any atom is -0.379 e. The molecular weight excluding hydrogens is 348 g/mol. The molecular formula is C20H38N2O3S. The van der Waals surface area contributed by atoms with E-state index in [1.807, 2.05) is 0 Å². The van der Waals surface area contributed by atoms with Gasteiger partial charge in [0.2, 0.25) is 0 Å². The molecule has 152 valence electrons. The zero-order valence-corrected chi connectivity index (χ0v) is 18.0. The highest BCUT2D eigenvalue weighted by molar-refractivity contribution is 7.91. The van der Waals surface area contributed by atoms with Gasteiger partial charge in [-0.05, 0) is 78.3 Å². The quantitative estimate of drug-likeness (QED) is 0.727. The highest BCUT2D eigenvalue weighted by Gasteiger charge is 2.45. The molecule has 3 fully saturated rings. The number of likely N-dealkylation sites (tertiary alicyclic amines) is 1. The second kappa shape index (κ2) is 7.34. The molecule has 0 atom stereocenters. The Hall–Kier alpha value is -0.170. The van der Waals surface area contributed by atoms with Crippen LogP contribution in [0.1, 0.15) is 59.8 Å². The Labute approximate surface area is 160 Å². The Bertz CT molecular complexity index is 586. The molecule has 0 saturated carbocycles. The molecule has 26 heavy (non-hydrogen) atoms. The second-order valence-electron chi connectivity index (χ2n) is 10.1. The van der Waals surface area contributed by atoms with Crippen LogP contribution < -0.4 is 0 Å². The van der Waals surface area contributed by atoms with E-state index < -0.39 is 9.84 Å². The Morgan fingerprint density at radius 3 is 1.81 bits per heavy atom. The first-order valence-electron chi connectivity index (χ1n) is 10.3. The van der Waals surface area contributed by atoms with Gasteiger partial charge < -0.3 is 4.74 Å². The largest absolute Gasteiger partial charge is 0.379 e. The van der Waals surface area contributed by atoms with Gasteiger partial charge in [0, 0.05) is 24.2 Å². The van der Waals surface area contributed by atoms with E-state index in [1.54, 1.807) is 0 Å². The lowest BCUT2D eigenvalue weighted by Crippen LogP contribution is -2.53. The molecule has 3 saturated heterocycles. The van der Waals surface area contributed by atoms with Gasteiger partial charge in [0.1, 0.15) is 0 Å². The van der Waals surface area contributed by atoms with Crippen LogP contribution in [0.2, 0.25) is 0 Å². The van der Waals surface area contributed by atoms with E-state index in [1.165, 1.54) is 12.8 Å². The van der Waals surface area contributed by atoms with Crippen molar-refractivity contribution in [3.63, 3.8) is 0 Å². The van der Waals surface area contributed by atoms with Gasteiger partial charge in [0.15, 0.2) is 9.84 Å². The third-order valence-electron chi connectivity index (χ3n) is 7.37. The summed E-state index contributed by atoms with van der Waals surface area (Å²) in [5.41, 5.74) is 0.457. The van der Waals surface area contributed by atoms with Crippen molar-refractivity contribution in [1.29, 1.82) is 0 Å². The van der Waals surface area contributed by atoms with E-state index in [0.29, 0.717) is 11.5 Å². The third kappa shape index (κ3) is 4.62. The summed E-state index contributed by atoms with van der Waals surface area (Å²) in [6.45, 7) is 15.3. The summed E-state index contributed by atoms with van der Waals surface area (Å²) in [4.78, 5) is 5.18. The van der Waals surface area contributed by atoms with Gasteiger partial charge in [-0.25, -0.2) is 8.42 Å². The van der Waals surface area contributed by atoms with Crippen molar-refractivity contribution in [1.82, 2.24) is 9.80 Å². The van der Waals surface area contributed by atoms with Crippen molar-refractivity contribution in [3.05, 3.63) is 0 Å². The van der Waals surface area contributed by atoms with Gasteiger partial charge in [-0.15, -0.1) is 0 Å². The first-order valence-corrected chi connectivity index (χ1v) is 12.1. The molecule has 5 nitrogen and oxygen atoms in total. The summed E-state index contributed by atoms with van der Waals surface area (Å²) < 4.78 is 29.3. The predicted octanol–water partition coefficient (Wildman–Crippen LogP) is 2.56. The fourth-order valence-electron chi connectivity index (χ4n) is 5.06. The standard InChI is InChI=1S/C20H38N2O3S/c1-18(2,5-6-19(3,4)22-12-14-25-15-13-22)21-10-7-20(8-11-21)9-16-26(23,24)17-20/h5-17H2,1-4H3. The van der Waals surface area contributed by atoms with Crippen molar-refractivity contribution in [2.75, 3.05) is 50.9 Å². The van der Waals surface area contributed by atoms with Gasteiger partial charge in [0.05, 0.1) is 24.7 Å². The maximum absolute atomic E-state index is 11.9. The van der Waals surface area contributed by atoms with Crippen LogP contribution in [-0.4, -0.2) is 80.2 Å². The lowest BCUT2D eigenvalue weighted by atomic mass is 9.76. The fourth-order valence-corrected chi connectivity index (χ4v) is 7.31. The van der Waals surface area contributed by atoms with Crippen LogP contribution in [0.5, 0.6) is 0 Å². The molecule has 3 rings (SSSR count). The molecule has 0 radical (unpaired) electrons. The fraction of sp³-hybridized carbons (Fsp3) is 1.00. The Morgan fingerprint density at radius 1 is 0.846 bits per heavy atom. The topological polar surface area (TPSA) is 49.9 Å². The van der Waals surface area contributed by atoms with Crippen LogP contribution in [0.4, 0.5) is 0 Å². The number of morpholine rings is 1. The first-order chi connectivity index (χ1) is 12.0. The monoisotopic (exact) mass is 386 g/mol. The normalized spacial score (nSPS) is 27.8. The summed E-state index contributed by atoms with van der Waals surface area (Å²) in [6.07, 6.45) is 5.32. The summed E-state index contributed by atoms with van der Waals surface area (Å²) in [5, 5.41) is 0. The van der Waals surface area contributed by atoms with Crippen molar-refractivity contribution in [3.8, 4) is 0 Å². The van der Waals surface area contributed by atoms with Crippen molar-refractivity contribution >= 4 is 9.84 Å². The number of nitrogens with zero attached hydrogens (tertiary/aromatic N) is 2. The van der Waals surface area contributed by atoms with E-state index in [0.717, 1.165) is 58.7 Å². The van der Waals surface area contributed by atoms with E-state index in [-0.39, 0.29) is 16.5 Å². The Balaban J connectivity index is 1.52. The molecule has 0 N–H and O–H groups in total. The predicted molar refractivity (Wildman–Crippen MR) is 106 cm³/mol. The van der Waals surface area contributed by atoms with Crippen molar-refractivity contribution in [2.45, 2.75) is 70.9 Å². The lowest BCUT2D eigenvalue weighted by molar-refractivity contribution is -0.0224. The third-order valence-corrected chi connectivity index (χ3v) is 9.24. The molecule has 0 aromatic carbocycles. The van der Waals surface area contributed by atoms with E-state index >= 15 is 0 Å². The second-order valence-corrected chi connectivity index (χ2v) is 12.2. The SMILES string of the molecule is CC(C)(CCC(C)(C)N1CCC2(CC1)CCS(=O)(=O)C2)N1CCOCC1. The number of ether oxygens (including phenoxy) is 1. The van der Waals surface area contributed by atoms with Gasteiger partial charge in [-0.2, -0.15) is 0 Å². The number of rotatable bonds is 5. The van der Waals surface area contributed by atoms with E-state index in [9.17, 15) is 8.42 Å². The molecule has 3 aliphatic rings. The molecule has 1 spiro atoms. The molecule has 0 bridgehead atoms. The minimum atomic E-state index is -2.78. The van der Waals surface area contributed by atoms with Crippen LogP contribution in [0.25, 0.3) is 0 Å². The van der Waals surface area contributed by atoms with Crippen LogP contribution in [0.3, 0.4) is 0 Å². The Kier molecular flexibility index (Phi) is 5.80. The first kappa shape index (κ1) is 20.6. The van der Waals surface area contributed by atoms with Gasteiger partial charge in [0.25, 0.3) is 0 Å². The molecule has 6 heteroatoms. The van der Waals surface area contributed by atoms with Gasteiger partial charge >= 0.3 is 0 Å². The average Bonchev–Trinajstić information content (AvgIpc) is 2.89. The van der Waals surface area contributed by atoms with Crippen LogP contribution >= 0.6 is 0 Å². The summed E-state index contributed by atoms with van der Waals surface area (Å²) >= 11 is 0. The van der Waals surface area contributed by atoms with E-state index in [2.05, 4.69) is 37.5 Å². The van der Waals surface area contributed by atoms with Crippen molar-refractivity contribution in [2.24, 2.45) is 5.41 Å². The number of piperidine rings is 1. The molecule has 0 aliphatic carbocycles. The number of sulfone groups is 1.